The summed E-state index contributed by atoms with van der Waals surface area (Å²) in [5.41, 5.74) is 6.62. The van der Waals surface area contributed by atoms with Crippen LogP contribution in [0.5, 0.6) is 0 Å². The largest absolute Gasteiger partial charge is 0.452 e. The number of hydrogen-bond donors (Lipinski definition) is 2. The quantitative estimate of drug-likeness (QED) is 0.691. The van der Waals surface area contributed by atoms with Crippen LogP contribution < -0.4 is 10.9 Å². The SMILES string of the molecule is COC(=O)NNc1nnnc2c1sc1nc(C)ccc12. The molecule has 0 aliphatic carbocycles. The van der Waals surface area contributed by atoms with Crippen LogP contribution in [0.4, 0.5) is 10.6 Å². The normalized spacial score (nSPS) is 10.7. The van der Waals surface area contributed by atoms with Gasteiger partial charge in [-0.25, -0.2) is 15.2 Å². The molecule has 0 aliphatic heterocycles. The Morgan fingerprint density at radius 1 is 1.35 bits per heavy atom. The summed E-state index contributed by atoms with van der Waals surface area (Å²) in [4.78, 5) is 16.4. The number of carbonyl (C=O) groups excluding carboxylic acids is 1. The molecule has 3 rings (SSSR count). The zero-order valence-corrected chi connectivity index (χ0v) is 11.5. The van der Waals surface area contributed by atoms with Crippen molar-refractivity contribution in [1.82, 2.24) is 25.8 Å². The number of aryl methyl sites for hydroxylation is 1. The maximum Gasteiger partial charge on any atom is 0.425 e. The van der Waals surface area contributed by atoms with Crippen molar-refractivity contribution in [2.24, 2.45) is 0 Å². The number of hydrazine groups is 1. The van der Waals surface area contributed by atoms with E-state index in [4.69, 9.17) is 0 Å². The maximum atomic E-state index is 11.1. The van der Waals surface area contributed by atoms with Gasteiger partial charge < -0.3 is 4.74 Å². The lowest BCUT2D eigenvalue weighted by Gasteiger charge is -2.05. The van der Waals surface area contributed by atoms with Crippen LogP contribution in [0.15, 0.2) is 12.1 Å². The molecule has 0 bridgehead atoms. The third-order valence-electron chi connectivity index (χ3n) is 2.64. The molecule has 0 spiro atoms. The van der Waals surface area contributed by atoms with E-state index < -0.39 is 6.09 Å². The van der Waals surface area contributed by atoms with E-state index >= 15 is 0 Å². The standard InChI is InChI=1S/C11H10N6O2S/c1-5-3-4-6-7-8(20-10(6)12-5)9(15-17-13-7)14-16-11(18)19-2/h3-4H,1-2H3,(H,16,18)(H,13,14,15). The molecule has 9 heteroatoms. The first-order valence-electron chi connectivity index (χ1n) is 5.68. The Morgan fingerprint density at radius 2 is 2.20 bits per heavy atom. The predicted molar refractivity (Wildman–Crippen MR) is 74.4 cm³/mol. The smallest absolute Gasteiger partial charge is 0.425 e. The number of nitrogens with one attached hydrogen (secondary N) is 2. The fourth-order valence-corrected chi connectivity index (χ4v) is 2.81. The number of carbonyl (C=O) groups is 1. The molecule has 2 N–H and O–H groups in total. The Labute approximate surface area is 117 Å². The number of pyridine rings is 1. The number of thiophene rings is 1. The number of methoxy groups -OCH3 is 1. The zero-order chi connectivity index (χ0) is 14.1. The van der Waals surface area contributed by atoms with Crippen LogP contribution >= 0.6 is 11.3 Å². The van der Waals surface area contributed by atoms with E-state index in [0.717, 1.165) is 20.6 Å². The first-order valence-corrected chi connectivity index (χ1v) is 6.50. The van der Waals surface area contributed by atoms with Crippen LogP contribution in [0.25, 0.3) is 20.4 Å². The van der Waals surface area contributed by atoms with Gasteiger partial charge in [-0.15, -0.1) is 21.5 Å². The van der Waals surface area contributed by atoms with Crippen molar-refractivity contribution in [2.45, 2.75) is 6.92 Å². The van der Waals surface area contributed by atoms with Crippen LogP contribution in [-0.2, 0) is 4.74 Å². The van der Waals surface area contributed by atoms with E-state index in [1.54, 1.807) is 0 Å². The molecule has 20 heavy (non-hydrogen) atoms. The highest BCUT2D eigenvalue weighted by Crippen LogP contribution is 2.33. The number of amides is 1. The van der Waals surface area contributed by atoms with Crippen molar-refractivity contribution in [3.63, 3.8) is 0 Å². The topological polar surface area (TPSA) is 102 Å². The Balaban J connectivity index is 2.09. The molecule has 0 fully saturated rings. The van der Waals surface area contributed by atoms with Crippen LogP contribution in [-0.4, -0.2) is 33.6 Å². The van der Waals surface area contributed by atoms with Gasteiger partial charge in [0.1, 0.15) is 15.0 Å². The molecule has 0 saturated carbocycles. The first-order chi connectivity index (χ1) is 9.69. The van der Waals surface area contributed by atoms with E-state index in [1.807, 2.05) is 19.1 Å². The van der Waals surface area contributed by atoms with Gasteiger partial charge in [-0.05, 0) is 24.3 Å². The minimum atomic E-state index is -0.619. The molecule has 0 atom stereocenters. The molecule has 0 saturated heterocycles. The summed E-state index contributed by atoms with van der Waals surface area (Å²) in [5.74, 6) is 0.404. The second-order valence-corrected chi connectivity index (χ2v) is 4.96. The molecular formula is C11H10N6O2S. The van der Waals surface area contributed by atoms with Crippen LogP contribution in [0.3, 0.4) is 0 Å². The summed E-state index contributed by atoms with van der Waals surface area (Å²) in [7, 11) is 1.27. The van der Waals surface area contributed by atoms with Crippen LogP contribution in [0, 0.1) is 6.92 Å². The highest BCUT2D eigenvalue weighted by Gasteiger charge is 2.13. The molecule has 0 unspecified atom stereocenters. The summed E-state index contributed by atoms with van der Waals surface area (Å²) >= 11 is 1.43. The number of anilines is 1. The molecule has 3 aromatic heterocycles. The molecule has 0 radical (unpaired) electrons. The highest BCUT2D eigenvalue weighted by molar-refractivity contribution is 7.25. The van der Waals surface area contributed by atoms with E-state index in [-0.39, 0.29) is 0 Å². The number of fused-ring (bicyclic) bond motifs is 3. The van der Waals surface area contributed by atoms with Crippen molar-refractivity contribution in [1.29, 1.82) is 0 Å². The fourth-order valence-electron chi connectivity index (χ4n) is 1.72. The van der Waals surface area contributed by atoms with E-state index in [1.165, 1.54) is 18.4 Å². The Morgan fingerprint density at radius 3 is 3.00 bits per heavy atom. The van der Waals surface area contributed by atoms with E-state index in [0.29, 0.717) is 11.3 Å². The predicted octanol–water partition coefficient (Wildman–Crippen LogP) is 1.63. The number of nitrogens with zero attached hydrogens (tertiary/aromatic N) is 4. The zero-order valence-electron chi connectivity index (χ0n) is 10.7. The number of rotatable bonds is 2. The Hall–Kier alpha value is -2.55. The Bertz CT molecular complexity index is 802. The lowest BCUT2D eigenvalue weighted by atomic mass is 10.3. The van der Waals surface area contributed by atoms with Gasteiger partial charge in [-0.1, -0.05) is 0 Å². The minimum Gasteiger partial charge on any atom is -0.452 e. The molecule has 102 valence electrons. The van der Waals surface area contributed by atoms with Gasteiger partial charge in [0.15, 0.2) is 5.82 Å². The fraction of sp³-hybridized carbons (Fsp3) is 0.182. The Kier molecular flexibility index (Phi) is 3.03. The number of hydrogen-bond acceptors (Lipinski definition) is 8. The van der Waals surface area contributed by atoms with Crippen molar-refractivity contribution < 1.29 is 9.53 Å². The molecule has 1 amide bonds. The van der Waals surface area contributed by atoms with Gasteiger partial charge in [-0.2, -0.15) is 0 Å². The van der Waals surface area contributed by atoms with E-state index in [9.17, 15) is 4.79 Å². The molecule has 3 heterocycles. The highest BCUT2D eigenvalue weighted by atomic mass is 32.1. The van der Waals surface area contributed by atoms with Gasteiger partial charge in [0.25, 0.3) is 0 Å². The molecule has 0 aromatic carbocycles. The molecule has 8 nitrogen and oxygen atoms in total. The monoisotopic (exact) mass is 290 g/mol. The maximum absolute atomic E-state index is 11.1. The second-order valence-electron chi connectivity index (χ2n) is 3.96. The average Bonchev–Trinajstić information content (AvgIpc) is 2.82. The minimum absolute atomic E-state index is 0.404. The summed E-state index contributed by atoms with van der Waals surface area (Å²) in [6, 6.07) is 3.86. The van der Waals surface area contributed by atoms with Crippen molar-refractivity contribution in [3.8, 4) is 0 Å². The molecular weight excluding hydrogens is 280 g/mol. The van der Waals surface area contributed by atoms with Crippen molar-refractivity contribution in [3.05, 3.63) is 17.8 Å². The number of aromatic nitrogens is 4. The van der Waals surface area contributed by atoms with Gasteiger partial charge >= 0.3 is 6.09 Å². The summed E-state index contributed by atoms with van der Waals surface area (Å²) in [5, 5.41) is 12.5. The van der Waals surface area contributed by atoms with Crippen molar-refractivity contribution in [2.75, 3.05) is 12.5 Å². The summed E-state index contributed by atoms with van der Waals surface area (Å²) in [6.45, 7) is 1.92. The average molecular weight is 290 g/mol. The van der Waals surface area contributed by atoms with Gasteiger partial charge in [0.05, 0.1) is 7.11 Å². The third kappa shape index (κ3) is 2.07. The summed E-state index contributed by atoms with van der Waals surface area (Å²) in [6.07, 6.45) is -0.619. The van der Waals surface area contributed by atoms with Crippen LogP contribution in [0.2, 0.25) is 0 Å². The van der Waals surface area contributed by atoms with Crippen molar-refractivity contribution >= 4 is 43.7 Å². The summed E-state index contributed by atoms with van der Waals surface area (Å²) < 4.78 is 5.24. The molecule has 0 aliphatic rings. The van der Waals surface area contributed by atoms with E-state index in [2.05, 4.69) is 36.0 Å². The van der Waals surface area contributed by atoms with Crippen LogP contribution in [0.1, 0.15) is 5.69 Å². The van der Waals surface area contributed by atoms with Gasteiger partial charge in [0, 0.05) is 11.1 Å². The van der Waals surface area contributed by atoms with Gasteiger partial charge in [-0.3, -0.25) is 5.43 Å². The number of ether oxygens (including phenoxy) is 1. The second kappa shape index (κ2) is 4.85. The first kappa shape index (κ1) is 12.5. The third-order valence-corrected chi connectivity index (χ3v) is 3.74. The lowest BCUT2D eigenvalue weighted by Crippen LogP contribution is -2.29. The lowest BCUT2D eigenvalue weighted by molar-refractivity contribution is 0.173. The molecule has 3 aromatic rings. The van der Waals surface area contributed by atoms with Gasteiger partial charge in [0.2, 0.25) is 0 Å².